The van der Waals surface area contributed by atoms with Crippen molar-refractivity contribution in [1.29, 1.82) is 0 Å². The zero-order valence-corrected chi connectivity index (χ0v) is 11.8. The van der Waals surface area contributed by atoms with Crippen molar-refractivity contribution in [3.63, 3.8) is 0 Å². The minimum absolute atomic E-state index is 0.00104. The Hall–Kier alpha value is -2.44. The van der Waals surface area contributed by atoms with Gasteiger partial charge in [-0.1, -0.05) is 24.3 Å². The number of nitrogens with zero attached hydrogens (tertiary/aromatic N) is 1. The van der Waals surface area contributed by atoms with Crippen molar-refractivity contribution in [2.45, 2.75) is 25.1 Å². The quantitative estimate of drug-likeness (QED) is 0.593. The summed E-state index contributed by atoms with van der Waals surface area (Å²) >= 11 is 0. The van der Waals surface area contributed by atoms with Gasteiger partial charge in [-0.25, -0.2) is 0 Å². The Labute approximate surface area is 127 Å². The lowest BCUT2D eigenvalue weighted by molar-refractivity contribution is -0.384. The van der Waals surface area contributed by atoms with Crippen LogP contribution in [0.2, 0.25) is 0 Å². The highest BCUT2D eigenvalue weighted by Gasteiger charge is 2.30. The first-order chi connectivity index (χ1) is 10.6. The molecule has 2 aromatic carbocycles. The van der Waals surface area contributed by atoms with Crippen LogP contribution in [0.25, 0.3) is 0 Å². The van der Waals surface area contributed by atoms with Crippen molar-refractivity contribution < 1.29 is 15.1 Å². The maximum atomic E-state index is 10.8. The molecule has 0 saturated heterocycles. The minimum Gasteiger partial charge on any atom is -0.508 e. The molecule has 22 heavy (non-hydrogen) atoms. The van der Waals surface area contributed by atoms with Crippen molar-refractivity contribution in [3.05, 3.63) is 69.3 Å². The van der Waals surface area contributed by atoms with Gasteiger partial charge in [0.1, 0.15) is 5.75 Å². The fourth-order valence-electron chi connectivity index (χ4n) is 2.87. The Morgan fingerprint density at radius 3 is 2.82 bits per heavy atom. The molecule has 0 spiro atoms. The van der Waals surface area contributed by atoms with Crippen molar-refractivity contribution in [2.24, 2.45) is 0 Å². The summed E-state index contributed by atoms with van der Waals surface area (Å²) in [6.07, 6.45) is 0.0348. The maximum absolute atomic E-state index is 10.8. The molecule has 0 amide bonds. The lowest BCUT2D eigenvalue weighted by Gasteiger charge is -2.18. The maximum Gasteiger partial charge on any atom is 0.270 e. The van der Waals surface area contributed by atoms with E-state index in [1.165, 1.54) is 18.2 Å². The molecule has 6 heteroatoms. The Balaban J connectivity index is 1.78. The molecular weight excluding hydrogens is 284 g/mol. The lowest BCUT2D eigenvalue weighted by Crippen LogP contribution is -2.28. The molecule has 1 aliphatic carbocycles. The topological polar surface area (TPSA) is 95.6 Å². The molecule has 0 radical (unpaired) electrons. The van der Waals surface area contributed by atoms with Gasteiger partial charge in [0.15, 0.2) is 0 Å². The third-order valence-electron chi connectivity index (χ3n) is 3.99. The van der Waals surface area contributed by atoms with Crippen molar-refractivity contribution in [1.82, 2.24) is 5.32 Å². The van der Waals surface area contributed by atoms with Crippen LogP contribution in [0, 0.1) is 10.1 Å². The van der Waals surface area contributed by atoms with Crippen molar-refractivity contribution in [2.75, 3.05) is 0 Å². The molecule has 2 aromatic rings. The molecule has 1 aliphatic rings. The number of hydrogen-bond acceptors (Lipinski definition) is 5. The highest BCUT2D eigenvalue weighted by Crippen LogP contribution is 2.32. The number of phenols is 1. The fourth-order valence-corrected chi connectivity index (χ4v) is 2.87. The Morgan fingerprint density at radius 1 is 1.27 bits per heavy atom. The Bertz CT molecular complexity index is 717. The number of nitro benzene ring substituents is 1. The zero-order chi connectivity index (χ0) is 15.7. The highest BCUT2D eigenvalue weighted by molar-refractivity contribution is 5.43. The smallest absolute Gasteiger partial charge is 0.270 e. The number of nitro groups is 1. The van der Waals surface area contributed by atoms with E-state index in [4.69, 9.17) is 0 Å². The molecule has 0 heterocycles. The molecule has 0 unspecified atom stereocenters. The van der Waals surface area contributed by atoms with Gasteiger partial charge < -0.3 is 15.5 Å². The molecule has 114 valence electrons. The first-order valence-electron chi connectivity index (χ1n) is 7.02. The summed E-state index contributed by atoms with van der Waals surface area (Å²) in [4.78, 5) is 10.3. The number of aromatic hydroxyl groups is 1. The third kappa shape index (κ3) is 2.66. The zero-order valence-electron chi connectivity index (χ0n) is 11.8. The van der Waals surface area contributed by atoms with Crippen LogP contribution < -0.4 is 5.32 Å². The molecule has 0 saturated carbocycles. The van der Waals surface area contributed by atoms with Crippen LogP contribution >= 0.6 is 0 Å². The minimum atomic E-state index is -0.543. The summed E-state index contributed by atoms with van der Waals surface area (Å²) in [5.74, 6) is -0.00104. The fraction of sp³-hybridized carbons (Fsp3) is 0.250. The first-order valence-corrected chi connectivity index (χ1v) is 7.02. The van der Waals surface area contributed by atoms with E-state index in [1.54, 1.807) is 0 Å². The predicted octanol–water partition coefficient (Wildman–Crippen LogP) is 2.05. The van der Waals surface area contributed by atoms with E-state index < -0.39 is 11.0 Å². The van der Waals surface area contributed by atoms with E-state index in [2.05, 4.69) is 5.32 Å². The van der Waals surface area contributed by atoms with Crippen molar-refractivity contribution in [3.8, 4) is 5.75 Å². The molecule has 0 fully saturated rings. The number of hydrogen-bond donors (Lipinski definition) is 3. The second kappa shape index (κ2) is 5.75. The van der Waals surface area contributed by atoms with Gasteiger partial charge in [0.2, 0.25) is 0 Å². The summed E-state index contributed by atoms with van der Waals surface area (Å²) in [5, 5.41) is 34.0. The summed E-state index contributed by atoms with van der Waals surface area (Å²) in [5.41, 5.74) is 2.49. The number of aliphatic hydroxyl groups is 1. The summed E-state index contributed by atoms with van der Waals surface area (Å²) in [6, 6.07) is 11.5. The number of non-ortho nitro benzene ring substituents is 1. The first kappa shape index (κ1) is 14.5. The van der Waals surface area contributed by atoms with Gasteiger partial charge in [-0.2, -0.15) is 0 Å². The van der Waals surface area contributed by atoms with Gasteiger partial charge in [0, 0.05) is 30.7 Å². The van der Waals surface area contributed by atoms with Gasteiger partial charge in [-0.15, -0.1) is 0 Å². The van der Waals surface area contributed by atoms with Gasteiger partial charge in [0.25, 0.3) is 5.69 Å². The number of nitrogens with one attached hydrogen (secondary N) is 1. The summed E-state index contributed by atoms with van der Waals surface area (Å²) < 4.78 is 0. The monoisotopic (exact) mass is 300 g/mol. The van der Waals surface area contributed by atoms with E-state index in [-0.39, 0.29) is 24.0 Å². The van der Waals surface area contributed by atoms with E-state index >= 15 is 0 Å². The van der Waals surface area contributed by atoms with Crippen LogP contribution in [-0.2, 0) is 13.0 Å². The van der Waals surface area contributed by atoms with Gasteiger partial charge in [-0.3, -0.25) is 10.1 Å². The van der Waals surface area contributed by atoms with E-state index in [9.17, 15) is 20.3 Å². The van der Waals surface area contributed by atoms with Gasteiger partial charge in [-0.05, 0) is 17.2 Å². The molecule has 6 nitrogen and oxygen atoms in total. The largest absolute Gasteiger partial charge is 0.508 e. The van der Waals surface area contributed by atoms with Crippen LogP contribution in [0.15, 0.2) is 42.5 Å². The number of aliphatic hydroxyl groups excluding tert-OH is 1. The van der Waals surface area contributed by atoms with E-state index in [0.717, 1.165) is 11.1 Å². The molecule has 2 atom stereocenters. The molecule has 0 aliphatic heterocycles. The average molecular weight is 300 g/mol. The summed E-state index contributed by atoms with van der Waals surface area (Å²) in [6.45, 7) is 0.240. The normalized spacial score (nSPS) is 19.9. The molecule has 3 N–H and O–H groups in total. The van der Waals surface area contributed by atoms with E-state index in [1.807, 2.05) is 24.3 Å². The molecular formula is C16H16N2O4. The third-order valence-corrected chi connectivity index (χ3v) is 3.99. The molecule has 3 rings (SSSR count). The van der Waals surface area contributed by atoms with Crippen LogP contribution in [0.5, 0.6) is 5.75 Å². The lowest BCUT2D eigenvalue weighted by atomic mass is 10.1. The SMILES string of the molecule is O=[N+]([O-])c1ccc(O)c(CN[C@@H]2c3ccccc3C[C@@H]2O)c1. The number of rotatable bonds is 4. The second-order valence-corrected chi connectivity index (χ2v) is 5.40. The van der Waals surface area contributed by atoms with Gasteiger partial charge >= 0.3 is 0 Å². The highest BCUT2D eigenvalue weighted by atomic mass is 16.6. The average Bonchev–Trinajstić information content (AvgIpc) is 2.81. The second-order valence-electron chi connectivity index (χ2n) is 5.40. The molecule has 0 aromatic heterocycles. The van der Waals surface area contributed by atoms with Crippen molar-refractivity contribution >= 4 is 5.69 Å². The van der Waals surface area contributed by atoms with E-state index in [0.29, 0.717) is 12.0 Å². The van der Waals surface area contributed by atoms with Crippen LogP contribution in [-0.4, -0.2) is 21.2 Å². The number of phenolic OH excluding ortho intramolecular Hbond substituents is 1. The Kier molecular flexibility index (Phi) is 3.79. The molecule has 0 bridgehead atoms. The van der Waals surface area contributed by atoms with Crippen LogP contribution in [0.1, 0.15) is 22.7 Å². The summed E-state index contributed by atoms with van der Waals surface area (Å²) in [7, 11) is 0. The number of fused-ring (bicyclic) bond motifs is 1. The van der Waals surface area contributed by atoms with Crippen LogP contribution in [0.4, 0.5) is 5.69 Å². The predicted molar refractivity (Wildman–Crippen MR) is 80.5 cm³/mol. The Morgan fingerprint density at radius 2 is 2.05 bits per heavy atom. The number of benzene rings is 2. The van der Waals surface area contributed by atoms with Crippen LogP contribution in [0.3, 0.4) is 0 Å². The van der Waals surface area contributed by atoms with Gasteiger partial charge in [0.05, 0.1) is 17.1 Å². The standard InChI is InChI=1S/C16H16N2O4/c19-14-6-5-12(18(21)22)7-11(14)9-17-16-13-4-2-1-3-10(13)8-15(16)20/h1-7,15-17,19-20H,8-9H2/t15-,16+/m0/s1.